The Kier molecular flexibility index (Phi) is 3.52. The average Bonchev–Trinajstić information content (AvgIpc) is 3.08. The second-order valence-electron chi connectivity index (χ2n) is 4.51. The summed E-state index contributed by atoms with van der Waals surface area (Å²) >= 11 is 1.41. The molecule has 2 heterocycles. The zero-order valence-corrected chi connectivity index (χ0v) is 11.9. The molecule has 0 aliphatic rings. The summed E-state index contributed by atoms with van der Waals surface area (Å²) in [5.74, 6) is -0.0791. The topological polar surface area (TPSA) is 55.1 Å². The van der Waals surface area contributed by atoms with Gasteiger partial charge in [-0.25, -0.2) is 4.98 Å². The van der Waals surface area contributed by atoms with Crippen LogP contribution < -0.4 is 5.32 Å². The highest BCUT2D eigenvalue weighted by Gasteiger charge is 2.11. The third-order valence-corrected chi connectivity index (χ3v) is 3.84. The van der Waals surface area contributed by atoms with E-state index >= 15 is 0 Å². The number of hydrogen-bond donors (Lipinski definition) is 1. The minimum atomic E-state index is -0.0791. The molecule has 0 fully saturated rings. The lowest BCUT2D eigenvalue weighted by Crippen LogP contribution is -2.13. The molecule has 0 aliphatic carbocycles. The first-order valence-electron chi connectivity index (χ1n) is 6.44. The highest BCUT2D eigenvalue weighted by Crippen LogP contribution is 2.23. The highest BCUT2D eigenvalue weighted by atomic mass is 32.1. The smallest absolute Gasteiger partial charge is 0.230 e. The number of carbonyl (C=O) groups is 1. The number of hydrogen-bond acceptors (Lipinski definition) is 4. The summed E-state index contributed by atoms with van der Waals surface area (Å²) in [6.45, 7) is 2.11. The Morgan fingerprint density at radius 2 is 2.35 bits per heavy atom. The summed E-state index contributed by atoms with van der Waals surface area (Å²) in [7, 11) is 0. The van der Waals surface area contributed by atoms with Gasteiger partial charge >= 0.3 is 0 Å². The van der Waals surface area contributed by atoms with Crippen LogP contribution in [0.2, 0.25) is 0 Å². The molecule has 1 N–H and O–H groups in total. The Morgan fingerprint density at radius 1 is 1.45 bits per heavy atom. The van der Waals surface area contributed by atoms with Crippen molar-refractivity contribution in [2.75, 3.05) is 5.32 Å². The van der Waals surface area contributed by atoms with Crippen LogP contribution in [0.3, 0.4) is 0 Å². The van der Waals surface area contributed by atoms with Crippen LogP contribution in [0, 0.1) is 0 Å². The lowest BCUT2D eigenvalue weighted by Gasteiger charge is -2.01. The van der Waals surface area contributed by atoms with Crippen molar-refractivity contribution < 1.29 is 9.21 Å². The average molecular weight is 286 g/mol. The normalized spacial score (nSPS) is 10.8. The zero-order chi connectivity index (χ0) is 13.9. The number of aromatic nitrogens is 1. The van der Waals surface area contributed by atoms with Crippen molar-refractivity contribution in [3.63, 3.8) is 0 Å². The van der Waals surface area contributed by atoms with Crippen molar-refractivity contribution >= 4 is 33.3 Å². The molecule has 5 heteroatoms. The Bertz CT molecular complexity index is 732. The first-order valence-corrected chi connectivity index (χ1v) is 7.32. The molecule has 0 saturated heterocycles. The van der Waals surface area contributed by atoms with Gasteiger partial charge in [0.15, 0.2) is 5.13 Å². The Hall–Kier alpha value is -2.14. The Morgan fingerprint density at radius 3 is 3.10 bits per heavy atom. The van der Waals surface area contributed by atoms with Gasteiger partial charge in [-0.2, -0.15) is 0 Å². The van der Waals surface area contributed by atoms with Crippen LogP contribution in [0.4, 0.5) is 5.13 Å². The van der Waals surface area contributed by atoms with Gasteiger partial charge in [0.2, 0.25) is 5.91 Å². The quantitative estimate of drug-likeness (QED) is 0.796. The molecule has 20 heavy (non-hydrogen) atoms. The lowest BCUT2D eigenvalue weighted by molar-refractivity contribution is -0.115. The van der Waals surface area contributed by atoms with Gasteiger partial charge in [0.05, 0.1) is 12.7 Å². The molecule has 3 aromatic rings. The fourth-order valence-corrected chi connectivity index (χ4v) is 2.65. The maximum absolute atomic E-state index is 12.0. The van der Waals surface area contributed by atoms with Crippen LogP contribution in [0.1, 0.15) is 18.1 Å². The number of furan rings is 1. The number of aryl methyl sites for hydroxylation is 1. The number of rotatable bonds is 4. The first kappa shape index (κ1) is 12.9. The van der Waals surface area contributed by atoms with Gasteiger partial charge in [-0.3, -0.25) is 4.79 Å². The fraction of sp³-hybridized carbons (Fsp3) is 0.200. The van der Waals surface area contributed by atoms with Gasteiger partial charge in [0.25, 0.3) is 0 Å². The van der Waals surface area contributed by atoms with E-state index in [4.69, 9.17) is 4.42 Å². The van der Waals surface area contributed by atoms with Crippen LogP contribution in [-0.4, -0.2) is 10.9 Å². The fourth-order valence-electron chi connectivity index (χ4n) is 2.11. The van der Waals surface area contributed by atoms with Crippen molar-refractivity contribution in [1.29, 1.82) is 0 Å². The van der Waals surface area contributed by atoms with Crippen LogP contribution in [0.15, 0.2) is 40.5 Å². The van der Waals surface area contributed by atoms with E-state index in [2.05, 4.69) is 23.3 Å². The molecule has 1 amide bonds. The number of nitrogens with zero attached hydrogens (tertiary/aromatic N) is 1. The van der Waals surface area contributed by atoms with Crippen molar-refractivity contribution in [3.8, 4) is 0 Å². The number of benzene rings is 1. The molecular weight excluding hydrogens is 272 g/mol. The standard InChI is InChI=1S/C15H14N2O2S/c1-2-10-3-4-13-12(7-10)11(9-19-13)8-14(18)17-15-16-5-6-20-15/h3-7,9H,2,8H2,1H3,(H,16,17,18). The first-order chi connectivity index (χ1) is 9.76. The van der Waals surface area contributed by atoms with Crippen LogP contribution >= 0.6 is 11.3 Å². The predicted octanol–water partition coefficient (Wildman–Crippen LogP) is 3.63. The van der Waals surface area contributed by atoms with Gasteiger partial charge in [0, 0.05) is 22.5 Å². The summed E-state index contributed by atoms with van der Waals surface area (Å²) in [6.07, 6.45) is 4.58. The van der Waals surface area contributed by atoms with E-state index in [9.17, 15) is 4.79 Å². The molecule has 0 unspecified atom stereocenters. The summed E-state index contributed by atoms with van der Waals surface area (Å²) in [5.41, 5.74) is 2.96. The SMILES string of the molecule is CCc1ccc2occ(CC(=O)Nc3nccs3)c2c1. The third kappa shape index (κ3) is 2.58. The van der Waals surface area contributed by atoms with Gasteiger partial charge in [-0.1, -0.05) is 13.0 Å². The van der Waals surface area contributed by atoms with Gasteiger partial charge in [-0.05, 0) is 24.1 Å². The predicted molar refractivity (Wildman–Crippen MR) is 80.0 cm³/mol. The Labute approximate surface area is 120 Å². The van der Waals surface area contributed by atoms with Crippen molar-refractivity contribution in [2.45, 2.75) is 19.8 Å². The van der Waals surface area contributed by atoms with E-state index in [0.717, 1.165) is 23.0 Å². The monoisotopic (exact) mass is 286 g/mol. The zero-order valence-electron chi connectivity index (χ0n) is 11.1. The molecule has 0 bridgehead atoms. The molecule has 0 atom stereocenters. The van der Waals surface area contributed by atoms with Crippen molar-refractivity contribution in [1.82, 2.24) is 4.98 Å². The van der Waals surface area contributed by atoms with Gasteiger partial charge < -0.3 is 9.73 Å². The second kappa shape index (κ2) is 5.46. The van der Waals surface area contributed by atoms with E-state index in [1.54, 1.807) is 12.5 Å². The number of anilines is 1. The minimum absolute atomic E-state index is 0.0791. The molecule has 3 rings (SSSR count). The maximum atomic E-state index is 12.0. The van der Waals surface area contributed by atoms with E-state index in [1.807, 2.05) is 17.5 Å². The van der Waals surface area contributed by atoms with Crippen LogP contribution in [0.25, 0.3) is 11.0 Å². The summed E-state index contributed by atoms with van der Waals surface area (Å²) in [4.78, 5) is 16.0. The molecule has 1 aromatic carbocycles. The third-order valence-electron chi connectivity index (χ3n) is 3.16. The van der Waals surface area contributed by atoms with Crippen molar-refractivity contribution in [3.05, 3.63) is 47.2 Å². The molecule has 0 radical (unpaired) electrons. The van der Waals surface area contributed by atoms with Gasteiger partial charge in [0.1, 0.15) is 5.58 Å². The Balaban J connectivity index is 1.81. The number of carbonyl (C=O) groups excluding carboxylic acids is 1. The van der Waals surface area contributed by atoms with E-state index in [-0.39, 0.29) is 5.91 Å². The van der Waals surface area contributed by atoms with E-state index in [1.165, 1.54) is 16.9 Å². The number of amides is 1. The van der Waals surface area contributed by atoms with Gasteiger partial charge in [-0.15, -0.1) is 11.3 Å². The summed E-state index contributed by atoms with van der Waals surface area (Å²) in [5, 5.41) is 6.24. The van der Waals surface area contributed by atoms with Crippen LogP contribution in [0.5, 0.6) is 0 Å². The van der Waals surface area contributed by atoms with E-state index < -0.39 is 0 Å². The number of fused-ring (bicyclic) bond motifs is 1. The molecule has 0 aliphatic heterocycles. The number of thiazole rings is 1. The van der Waals surface area contributed by atoms with E-state index in [0.29, 0.717) is 11.6 Å². The lowest BCUT2D eigenvalue weighted by atomic mass is 10.1. The largest absolute Gasteiger partial charge is 0.464 e. The molecule has 102 valence electrons. The highest BCUT2D eigenvalue weighted by molar-refractivity contribution is 7.13. The summed E-state index contributed by atoms with van der Waals surface area (Å²) < 4.78 is 5.49. The summed E-state index contributed by atoms with van der Waals surface area (Å²) in [6, 6.07) is 6.09. The minimum Gasteiger partial charge on any atom is -0.464 e. The second-order valence-corrected chi connectivity index (χ2v) is 5.40. The maximum Gasteiger partial charge on any atom is 0.230 e. The molecule has 4 nitrogen and oxygen atoms in total. The van der Waals surface area contributed by atoms with Crippen molar-refractivity contribution in [2.24, 2.45) is 0 Å². The molecular formula is C15H14N2O2S. The van der Waals surface area contributed by atoms with Crippen LogP contribution in [-0.2, 0) is 17.6 Å². The molecule has 0 spiro atoms. The number of nitrogens with one attached hydrogen (secondary N) is 1. The molecule has 2 aromatic heterocycles. The molecule has 0 saturated carbocycles.